The van der Waals surface area contributed by atoms with Crippen molar-refractivity contribution in [3.63, 3.8) is 0 Å². The maximum absolute atomic E-state index is 13.6. The Morgan fingerprint density at radius 2 is 2.00 bits per heavy atom. The lowest BCUT2D eigenvalue weighted by molar-refractivity contribution is 0.158. The predicted molar refractivity (Wildman–Crippen MR) is 86.7 cm³/mol. The topological polar surface area (TPSA) is 48.4 Å². The van der Waals surface area contributed by atoms with Crippen molar-refractivity contribution >= 4 is 16.5 Å². The third-order valence-electron chi connectivity index (χ3n) is 4.12. The molecule has 1 aliphatic heterocycles. The minimum atomic E-state index is -1.19. The molecule has 1 aliphatic rings. The summed E-state index contributed by atoms with van der Waals surface area (Å²) in [5, 5.41) is 16.2. The van der Waals surface area contributed by atoms with E-state index < -0.39 is 17.7 Å². The largest absolute Gasteiger partial charge is 0.387 e. The third kappa shape index (κ3) is 3.85. The van der Waals surface area contributed by atoms with Crippen molar-refractivity contribution in [3.05, 3.63) is 47.0 Å². The zero-order chi connectivity index (χ0) is 16.2. The molecule has 1 aromatic heterocycles. The first-order valence-corrected chi connectivity index (χ1v) is 8.53. The van der Waals surface area contributed by atoms with Crippen molar-refractivity contribution in [2.75, 3.05) is 24.5 Å². The number of hydrogen-bond donors (Lipinski definition) is 2. The van der Waals surface area contributed by atoms with E-state index in [0.717, 1.165) is 43.2 Å². The van der Waals surface area contributed by atoms with Gasteiger partial charge in [0.2, 0.25) is 0 Å². The first kappa shape index (κ1) is 16.3. The van der Waals surface area contributed by atoms with Crippen LogP contribution in [0.3, 0.4) is 0 Å². The van der Waals surface area contributed by atoms with Gasteiger partial charge in [-0.3, -0.25) is 0 Å². The van der Waals surface area contributed by atoms with E-state index in [1.807, 2.05) is 5.38 Å². The second-order valence-electron chi connectivity index (χ2n) is 5.64. The second-order valence-corrected chi connectivity index (χ2v) is 6.51. The fourth-order valence-electron chi connectivity index (χ4n) is 2.86. The smallest absolute Gasteiger partial charge is 0.185 e. The normalized spacial score (nSPS) is 17.4. The molecule has 2 heterocycles. The summed E-state index contributed by atoms with van der Waals surface area (Å²) < 4.78 is 27.3. The molecular weight excluding hydrogens is 320 g/mol. The van der Waals surface area contributed by atoms with E-state index in [1.54, 1.807) is 17.5 Å². The zero-order valence-corrected chi connectivity index (χ0v) is 13.4. The maximum Gasteiger partial charge on any atom is 0.185 e. The zero-order valence-electron chi connectivity index (χ0n) is 12.6. The van der Waals surface area contributed by atoms with E-state index in [2.05, 4.69) is 15.2 Å². The number of aliphatic hydroxyl groups is 1. The van der Waals surface area contributed by atoms with Crippen LogP contribution < -0.4 is 10.2 Å². The van der Waals surface area contributed by atoms with E-state index >= 15 is 0 Å². The number of aliphatic hydroxyl groups excluding tert-OH is 1. The average Bonchev–Trinajstić information content (AvgIpc) is 3.08. The number of piperidine rings is 1. The highest BCUT2D eigenvalue weighted by Crippen LogP contribution is 2.23. The van der Waals surface area contributed by atoms with Gasteiger partial charge in [0.05, 0.1) is 11.7 Å². The van der Waals surface area contributed by atoms with Gasteiger partial charge >= 0.3 is 0 Å². The minimum absolute atomic E-state index is 0.139. The Bertz CT molecular complexity index is 610. The van der Waals surface area contributed by atoms with Crippen molar-refractivity contribution in [3.8, 4) is 0 Å². The first-order chi connectivity index (χ1) is 11.1. The number of anilines is 1. The predicted octanol–water partition coefficient (Wildman–Crippen LogP) is 2.71. The lowest BCUT2D eigenvalue weighted by Crippen LogP contribution is -2.43. The molecule has 2 N–H and O–H groups in total. The highest BCUT2D eigenvalue weighted by atomic mass is 32.1. The van der Waals surface area contributed by atoms with Crippen molar-refractivity contribution in [2.45, 2.75) is 25.0 Å². The molecule has 7 heteroatoms. The summed E-state index contributed by atoms with van der Waals surface area (Å²) in [7, 11) is 0. The van der Waals surface area contributed by atoms with Gasteiger partial charge in [0, 0.05) is 37.3 Å². The number of thiazole rings is 1. The SMILES string of the molecule is OC(CNC1CCN(c2nccs2)CC1)c1c(F)cccc1F. The molecule has 0 bridgehead atoms. The summed E-state index contributed by atoms with van der Waals surface area (Å²) in [5.74, 6) is -1.42. The molecule has 1 aromatic carbocycles. The van der Waals surface area contributed by atoms with Crippen LogP contribution in [0.5, 0.6) is 0 Å². The van der Waals surface area contributed by atoms with Crippen molar-refractivity contribution in [2.24, 2.45) is 0 Å². The summed E-state index contributed by atoms with van der Waals surface area (Å²) in [4.78, 5) is 6.53. The molecule has 1 atom stereocenters. The maximum atomic E-state index is 13.6. The summed E-state index contributed by atoms with van der Waals surface area (Å²) in [6.07, 6.45) is 2.43. The molecule has 1 fully saturated rings. The molecule has 0 amide bonds. The van der Waals surface area contributed by atoms with Gasteiger partial charge in [0.1, 0.15) is 11.6 Å². The monoisotopic (exact) mass is 339 g/mol. The summed E-state index contributed by atoms with van der Waals surface area (Å²) in [6.45, 7) is 1.91. The Kier molecular flexibility index (Phi) is 5.20. The van der Waals surface area contributed by atoms with Crippen molar-refractivity contribution in [1.82, 2.24) is 10.3 Å². The van der Waals surface area contributed by atoms with Crippen LogP contribution in [0.1, 0.15) is 24.5 Å². The van der Waals surface area contributed by atoms with E-state index in [0.29, 0.717) is 0 Å². The number of rotatable bonds is 5. The van der Waals surface area contributed by atoms with Crippen LogP contribution >= 0.6 is 11.3 Å². The van der Waals surface area contributed by atoms with Crippen LogP contribution in [0.15, 0.2) is 29.8 Å². The molecule has 1 unspecified atom stereocenters. The number of hydrogen-bond acceptors (Lipinski definition) is 5. The molecular formula is C16H19F2N3OS. The lowest BCUT2D eigenvalue weighted by Gasteiger charge is -2.32. The van der Waals surface area contributed by atoms with Crippen molar-refractivity contribution in [1.29, 1.82) is 0 Å². The molecule has 0 saturated carbocycles. The number of halogens is 2. The summed E-state index contributed by atoms with van der Waals surface area (Å²) in [5.41, 5.74) is -0.264. The van der Waals surface area contributed by atoms with Gasteiger partial charge in [-0.2, -0.15) is 0 Å². The Morgan fingerprint density at radius 1 is 1.30 bits per heavy atom. The standard InChI is InChI=1S/C16H19F2N3OS/c17-12-2-1-3-13(18)15(12)14(22)10-20-11-4-7-21(8-5-11)16-19-6-9-23-16/h1-3,6,9,11,14,20,22H,4-5,7-8,10H2. The van der Waals surface area contributed by atoms with E-state index in [4.69, 9.17) is 0 Å². The highest BCUT2D eigenvalue weighted by Gasteiger charge is 2.23. The van der Waals surface area contributed by atoms with Gasteiger partial charge in [-0.25, -0.2) is 13.8 Å². The Morgan fingerprint density at radius 3 is 2.61 bits per heavy atom. The summed E-state index contributed by atoms with van der Waals surface area (Å²) in [6, 6.07) is 3.85. The Balaban J connectivity index is 1.50. The lowest BCUT2D eigenvalue weighted by atomic mass is 10.0. The van der Waals surface area contributed by atoms with Crippen LogP contribution in [-0.2, 0) is 0 Å². The van der Waals surface area contributed by atoms with Crippen LogP contribution in [0.4, 0.5) is 13.9 Å². The summed E-state index contributed by atoms with van der Waals surface area (Å²) >= 11 is 1.62. The fraction of sp³-hybridized carbons (Fsp3) is 0.438. The van der Waals surface area contributed by atoms with Crippen LogP contribution in [0.25, 0.3) is 0 Å². The van der Waals surface area contributed by atoms with E-state index in [9.17, 15) is 13.9 Å². The van der Waals surface area contributed by atoms with Gasteiger partial charge in [-0.1, -0.05) is 6.07 Å². The minimum Gasteiger partial charge on any atom is -0.387 e. The molecule has 0 aliphatic carbocycles. The highest BCUT2D eigenvalue weighted by molar-refractivity contribution is 7.13. The van der Waals surface area contributed by atoms with E-state index in [1.165, 1.54) is 6.07 Å². The third-order valence-corrected chi connectivity index (χ3v) is 4.95. The molecule has 124 valence electrons. The van der Waals surface area contributed by atoms with Gasteiger partial charge in [0.15, 0.2) is 5.13 Å². The first-order valence-electron chi connectivity index (χ1n) is 7.65. The van der Waals surface area contributed by atoms with Crippen LogP contribution in [0.2, 0.25) is 0 Å². The Hall–Kier alpha value is -1.57. The molecule has 0 radical (unpaired) electrons. The van der Waals surface area contributed by atoms with Crippen molar-refractivity contribution < 1.29 is 13.9 Å². The van der Waals surface area contributed by atoms with Gasteiger partial charge in [-0.15, -0.1) is 11.3 Å². The number of aromatic nitrogens is 1. The average molecular weight is 339 g/mol. The number of benzene rings is 1. The number of nitrogens with zero attached hydrogens (tertiary/aromatic N) is 2. The van der Waals surface area contributed by atoms with Gasteiger partial charge in [-0.05, 0) is 25.0 Å². The van der Waals surface area contributed by atoms with Crippen LogP contribution in [0, 0.1) is 11.6 Å². The molecule has 23 heavy (non-hydrogen) atoms. The van der Waals surface area contributed by atoms with E-state index in [-0.39, 0.29) is 18.2 Å². The molecule has 3 rings (SSSR count). The van der Waals surface area contributed by atoms with Crippen LogP contribution in [-0.4, -0.2) is 35.8 Å². The van der Waals surface area contributed by atoms with Gasteiger partial charge in [0.25, 0.3) is 0 Å². The Labute approximate surface area is 137 Å². The fourth-order valence-corrected chi connectivity index (χ4v) is 3.55. The second kappa shape index (κ2) is 7.33. The molecule has 1 saturated heterocycles. The molecule has 0 spiro atoms. The van der Waals surface area contributed by atoms with Gasteiger partial charge < -0.3 is 15.3 Å². The molecule has 2 aromatic rings. The number of nitrogens with one attached hydrogen (secondary N) is 1. The molecule has 4 nitrogen and oxygen atoms in total. The quantitative estimate of drug-likeness (QED) is 0.879.